The van der Waals surface area contributed by atoms with E-state index >= 15 is 0 Å². The van der Waals surface area contributed by atoms with E-state index in [4.69, 9.17) is 16.7 Å². The molecule has 1 heterocycles. The van der Waals surface area contributed by atoms with Gasteiger partial charge >= 0.3 is 5.97 Å². The van der Waals surface area contributed by atoms with Crippen molar-refractivity contribution in [3.63, 3.8) is 0 Å². The van der Waals surface area contributed by atoms with E-state index in [-0.39, 0.29) is 0 Å². The molecule has 0 aliphatic carbocycles. The molecule has 18 heavy (non-hydrogen) atoms. The molecule has 4 nitrogen and oxygen atoms in total. The van der Waals surface area contributed by atoms with Crippen LogP contribution in [0.2, 0.25) is 5.15 Å². The monoisotopic (exact) mass is 282 g/mol. The van der Waals surface area contributed by atoms with Crippen LogP contribution in [-0.4, -0.2) is 20.6 Å². The molecule has 1 N–H and O–H groups in total. The Kier molecular flexibility index (Phi) is 3.93. The van der Waals surface area contributed by atoms with Gasteiger partial charge in [-0.25, -0.2) is 9.78 Å². The molecule has 2 aromatic rings. The molecule has 1 aromatic heterocycles. The van der Waals surface area contributed by atoms with Crippen molar-refractivity contribution in [1.82, 2.24) is 9.55 Å². The van der Waals surface area contributed by atoms with Crippen molar-refractivity contribution >= 4 is 29.3 Å². The normalized spacial score (nSPS) is 10.6. The maximum atomic E-state index is 11.0. The van der Waals surface area contributed by atoms with E-state index in [1.165, 1.54) is 11.8 Å². The van der Waals surface area contributed by atoms with Gasteiger partial charge in [-0.15, -0.1) is 11.8 Å². The molecule has 0 amide bonds. The summed E-state index contributed by atoms with van der Waals surface area (Å²) in [7, 11) is 1.83. The molecule has 0 unspecified atom stereocenters. The third kappa shape index (κ3) is 2.68. The Morgan fingerprint density at radius 1 is 1.50 bits per heavy atom. The minimum atomic E-state index is -0.920. The Morgan fingerprint density at radius 3 is 2.83 bits per heavy atom. The van der Waals surface area contributed by atoms with Gasteiger partial charge in [0.25, 0.3) is 0 Å². The number of aromatic carboxylic acids is 1. The Morgan fingerprint density at radius 2 is 2.22 bits per heavy atom. The van der Waals surface area contributed by atoms with Gasteiger partial charge in [-0.1, -0.05) is 23.7 Å². The number of carbonyl (C=O) groups is 1. The first-order valence-corrected chi connectivity index (χ1v) is 6.57. The van der Waals surface area contributed by atoms with Crippen LogP contribution < -0.4 is 0 Å². The largest absolute Gasteiger partial charge is 0.478 e. The van der Waals surface area contributed by atoms with Crippen molar-refractivity contribution < 1.29 is 9.90 Å². The standard InChI is InChI=1S/C12H11ClN2O2S/c1-15-10(13)6-14-11(15)7-18-9-5-3-2-4-8(9)12(16)17/h2-6H,7H2,1H3,(H,16,17). The number of hydrogen-bond acceptors (Lipinski definition) is 3. The number of benzene rings is 1. The molecule has 0 fully saturated rings. The Balaban J connectivity index is 2.16. The fraction of sp³-hybridized carbons (Fsp3) is 0.167. The molecular formula is C12H11ClN2O2S. The molecular weight excluding hydrogens is 272 g/mol. The van der Waals surface area contributed by atoms with Crippen LogP contribution in [0, 0.1) is 0 Å². The highest BCUT2D eigenvalue weighted by Gasteiger charge is 2.11. The van der Waals surface area contributed by atoms with Gasteiger partial charge < -0.3 is 9.67 Å². The van der Waals surface area contributed by atoms with E-state index in [2.05, 4.69) is 4.98 Å². The number of imidazole rings is 1. The van der Waals surface area contributed by atoms with Crippen LogP contribution >= 0.6 is 23.4 Å². The summed E-state index contributed by atoms with van der Waals surface area (Å²) in [5.41, 5.74) is 0.308. The van der Waals surface area contributed by atoms with Gasteiger partial charge in [-0.3, -0.25) is 0 Å². The fourth-order valence-electron chi connectivity index (χ4n) is 1.47. The maximum Gasteiger partial charge on any atom is 0.336 e. The van der Waals surface area contributed by atoms with Gasteiger partial charge in [0.2, 0.25) is 0 Å². The lowest BCUT2D eigenvalue weighted by Crippen LogP contribution is -2.00. The Labute approximate surface area is 114 Å². The van der Waals surface area contributed by atoms with Crippen molar-refractivity contribution in [2.75, 3.05) is 0 Å². The van der Waals surface area contributed by atoms with Crippen molar-refractivity contribution in [1.29, 1.82) is 0 Å². The van der Waals surface area contributed by atoms with Crippen LogP contribution in [0.15, 0.2) is 35.4 Å². The summed E-state index contributed by atoms with van der Waals surface area (Å²) in [6.07, 6.45) is 1.58. The SMILES string of the molecule is Cn1c(Cl)cnc1CSc1ccccc1C(=O)O. The number of carboxylic acid groups (broad SMARTS) is 1. The summed E-state index contributed by atoms with van der Waals surface area (Å²) in [5, 5.41) is 9.63. The quantitative estimate of drug-likeness (QED) is 0.876. The van der Waals surface area contributed by atoms with Gasteiger partial charge in [0.1, 0.15) is 11.0 Å². The van der Waals surface area contributed by atoms with Crippen LogP contribution in [0.3, 0.4) is 0 Å². The predicted molar refractivity (Wildman–Crippen MR) is 71.2 cm³/mol. The number of thioether (sulfide) groups is 1. The average molecular weight is 283 g/mol. The summed E-state index contributed by atoms with van der Waals surface area (Å²) >= 11 is 7.32. The lowest BCUT2D eigenvalue weighted by Gasteiger charge is -2.05. The second-order valence-corrected chi connectivity index (χ2v) is 5.05. The van der Waals surface area contributed by atoms with E-state index in [9.17, 15) is 4.79 Å². The third-order valence-corrected chi connectivity index (χ3v) is 3.92. The van der Waals surface area contributed by atoms with E-state index < -0.39 is 5.97 Å². The van der Waals surface area contributed by atoms with Crippen LogP contribution in [0.5, 0.6) is 0 Å². The van der Waals surface area contributed by atoms with E-state index in [0.29, 0.717) is 16.5 Å². The predicted octanol–water partition coefficient (Wildman–Crippen LogP) is 3.06. The summed E-state index contributed by atoms with van der Waals surface area (Å²) in [6, 6.07) is 6.92. The molecule has 6 heteroatoms. The smallest absolute Gasteiger partial charge is 0.336 e. The van der Waals surface area contributed by atoms with Gasteiger partial charge in [-0.05, 0) is 12.1 Å². The molecule has 0 aliphatic heterocycles. The second kappa shape index (κ2) is 5.46. The van der Waals surface area contributed by atoms with Crippen molar-refractivity contribution in [2.24, 2.45) is 7.05 Å². The third-order valence-electron chi connectivity index (χ3n) is 2.50. The Bertz CT molecular complexity index is 583. The van der Waals surface area contributed by atoms with Gasteiger partial charge in [-0.2, -0.15) is 0 Å². The minimum absolute atomic E-state index is 0.308. The van der Waals surface area contributed by atoms with Crippen LogP contribution in [0.25, 0.3) is 0 Å². The number of rotatable bonds is 4. The first-order valence-electron chi connectivity index (χ1n) is 5.21. The van der Waals surface area contributed by atoms with E-state index in [1.807, 2.05) is 13.1 Å². The number of aromatic nitrogens is 2. The lowest BCUT2D eigenvalue weighted by molar-refractivity contribution is 0.0693. The van der Waals surface area contributed by atoms with Crippen LogP contribution in [-0.2, 0) is 12.8 Å². The molecule has 0 radical (unpaired) electrons. The van der Waals surface area contributed by atoms with Crippen molar-refractivity contribution in [3.8, 4) is 0 Å². The summed E-state index contributed by atoms with van der Waals surface area (Å²) in [4.78, 5) is 15.9. The zero-order valence-corrected chi connectivity index (χ0v) is 11.2. The molecule has 0 atom stereocenters. The summed E-state index contributed by atoms with van der Waals surface area (Å²) < 4.78 is 1.78. The highest BCUT2D eigenvalue weighted by Crippen LogP contribution is 2.26. The molecule has 0 spiro atoms. The van der Waals surface area contributed by atoms with E-state index in [1.54, 1.807) is 29.0 Å². The van der Waals surface area contributed by atoms with Crippen LogP contribution in [0.4, 0.5) is 0 Å². The molecule has 0 bridgehead atoms. The summed E-state index contributed by atoms with van der Waals surface area (Å²) in [6.45, 7) is 0. The van der Waals surface area contributed by atoms with Gasteiger partial charge in [0, 0.05) is 11.9 Å². The number of hydrogen-bond donors (Lipinski definition) is 1. The van der Waals surface area contributed by atoms with Gasteiger partial charge in [0.15, 0.2) is 0 Å². The van der Waals surface area contributed by atoms with Gasteiger partial charge in [0.05, 0.1) is 17.5 Å². The number of carboxylic acids is 1. The first kappa shape index (κ1) is 13.0. The lowest BCUT2D eigenvalue weighted by atomic mass is 10.2. The van der Waals surface area contributed by atoms with Crippen LogP contribution in [0.1, 0.15) is 16.2 Å². The number of halogens is 1. The first-order chi connectivity index (χ1) is 8.59. The highest BCUT2D eigenvalue weighted by atomic mass is 35.5. The number of nitrogens with zero attached hydrogens (tertiary/aromatic N) is 2. The van der Waals surface area contributed by atoms with E-state index in [0.717, 1.165) is 10.7 Å². The molecule has 0 aliphatic rings. The second-order valence-electron chi connectivity index (χ2n) is 3.65. The average Bonchev–Trinajstić information content (AvgIpc) is 2.68. The summed E-state index contributed by atoms with van der Waals surface area (Å²) in [5.74, 6) is 0.467. The minimum Gasteiger partial charge on any atom is -0.478 e. The zero-order valence-electron chi connectivity index (χ0n) is 9.63. The fourth-order valence-corrected chi connectivity index (χ4v) is 2.65. The maximum absolute atomic E-state index is 11.0. The zero-order chi connectivity index (χ0) is 13.1. The molecule has 0 saturated carbocycles. The molecule has 0 saturated heterocycles. The van der Waals surface area contributed by atoms with Crippen molar-refractivity contribution in [2.45, 2.75) is 10.6 Å². The molecule has 1 aromatic carbocycles. The highest BCUT2D eigenvalue weighted by molar-refractivity contribution is 7.98. The Hall–Kier alpha value is -1.46. The molecule has 2 rings (SSSR count). The van der Waals surface area contributed by atoms with Crippen molar-refractivity contribution in [3.05, 3.63) is 47.0 Å². The topological polar surface area (TPSA) is 55.1 Å². The molecule has 94 valence electrons.